The van der Waals surface area contributed by atoms with E-state index in [4.69, 9.17) is 4.74 Å². The Morgan fingerprint density at radius 3 is 2.32 bits per heavy atom. The Morgan fingerprint density at radius 2 is 1.61 bits per heavy atom. The van der Waals surface area contributed by atoms with Crippen LogP contribution in [0.15, 0.2) is 84.9 Å². The number of benzene rings is 3. The number of hydrogen-bond donors (Lipinski definition) is 1. The van der Waals surface area contributed by atoms with Crippen molar-refractivity contribution in [3.8, 4) is 5.75 Å². The van der Waals surface area contributed by atoms with Crippen LogP contribution in [-0.4, -0.2) is 18.0 Å². The Balaban J connectivity index is 1.64. The van der Waals surface area contributed by atoms with Crippen molar-refractivity contribution in [1.82, 2.24) is 4.98 Å². The Bertz CT molecular complexity index is 1160. The lowest BCUT2D eigenvalue weighted by atomic mass is 10.2. The van der Waals surface area contributed by atoms with Crippen molar-refractivity contribution in [2.24, 2.45) is 0 Å². The molecule has 3 aromatic carbocycles. The number of thiazole rings is 1. The summed E-state index contributed by atoms with van der Waals surface area (Å²) in [5, 5.41) is 3.93. The number of nitrogens with one attached hydrogen (secondary N) is 1. The smallest absolute Gasteiger partial charge is 0.270 e. The molecule has 0 radical (unpaired) electrons. The average molecular weight is 430 g/mol. The van der Waals surface area contributed by atoms with Crippen LogP contribution in [0.5, 0.6) is 5.75 Å². The summed E-state index contributed by atoms with van der Waals surface area (Å²) >= 11 is 1.35. The van der Waals surface area contributed by atoms with E-state index in [1.165, 1.54) is 11.3 Å². The predicted molar refractivity (Wildman–Crippen MR) is 127 cm³/mol. The Morgan fingerprint density at radius 1 is 0.968 bits per heavy atom. The van der Waals surface area contributed by atoms with Crippen LogP contribution in [0, 0.1) is 6.92 Å². The number of carbonyl (C=O) groups excluding carboxylic acids is 1. The van der Waals surface area contributed by atoms with Gasteiger partial charge in [-0.15, -0.1) is 0 Å². The molecule has 5 nitrogen and oxygen atoms in total. The van der Waals surface area contributed by atoms with Gasteiger partial charge < -0.3 is 15.0 Å². The molecule has 1 N–H and O–H groups in total. The number of carbonyl (C=O) groups is 1. The highest BCUT2D eigenvalue weighted by Gasteiger charge is 2.23. The van der Waals surface area contributed by atoms with Crippen molar-refractivity contribution >= 4 is 33.8 Å². The van der Waals surface area contributed by atoms with E-state index >= 15 is 0 Å². The Hall–Kier alpha value is -3.64. The quantitative estimate of drug-likeness (QED) is 0.388. The maximum absolute atomic E-state index is 13.6. The van der Waals surface area contributed by atoms with Gasteiger partial charge in [0.2, 0.25) is 0 Å². The number of ether oxygens (including phenoxy) is 1. The fourth-order valence-electron chi connectivity index (χ4n) is 3.29. The zero-order chi connectivity index (χ0) is 21.6. The molecule has 0 atom stereocenters. The topological polar surface area (TPSA) is 54.5 Å². The number of nitrogens with zero attached hydrogens (tertiary/aromatic N) is 2. The summed E-state index contributed by atoms with van der Waals surface area (Å²) in [5.74, 6) is 0.649. The highest BCUT2D eigenvalue weighted by molar-refractivity contribution is 7.17. The monoisotopic (exact) mass is 429 g/mol. The molecule has 156 valence electrons. The summed E-state index contributed by atoms with van der Waals surface area (Å²) in [5.41, 5.74) is 3.42. The molecule has 0 fully saturated rings. The SMILES string of the molecule is COc1ccccc1Nc1nc(C)c(C(=O)N(Cc2ccccc2)c2ccccc2)s1. The molecule has 0 unspecified atom stereocenters. The highest BCUT2D eigenvalue weighted by Crippen LogP contribution is 2.32. The maximum Gasteiger partial charge on any atom is 0.270 e. The van der Waals surface area contributed by atoms with Gasteiger partial charge in [0.05, 0.1) is 25.0 Å². The van der Waals surface area contributed by atoms with Gasteiger partial charge in [-0.1, -0.05) is 72.0 Å². The molecule has 1 aromatic heterocycles. The first-order valence-electron chi connectivity index (χ1n) is 9.94. The first-order valence-corrected chi connectivity index (χ1v) is 10.8. The minimum atomic E-state index is -0.0712. The second kappa shape index (κ2) is 9.45. The molecule has 0 aliphatic rings. The van der Waals surface area contributed by atoms with Gasteiger partial charge in [-0.25, -0.2) is 4.98 Å². The Labute approximate surface area is 186 Å². The van der Waals surface area contributed by atoms with Crippen molar-refractivity contribution in [2.75, 3.05) is 17.3 Å². The van der Waals surface area contributed by atoms with Crippen LogP contribution in [0.25, 0.3) is 0 Å². The van der Waals surface area contributed by atoms with Crippen molar-refractivity contribution < 1.29 is 9.53 Å². The van der Waals surface area contributed by atoms with E-state index in [0.29, 0.717) is 22.2 Å². The van der Waals surface area contributed by atoms with Gasteiger partial charge in [0.15, 0.2) is 5.13 Å². The molecule has 1 amide bonds. The summed E-state index contributed by atoms with van der Waals surface area (Å²) in [6, 6.07) is 27.3. The van der Waals surface area contributed by atoms with E-state index < -0.39 is 0 Å². The molecule has 0 aliphatic heterocycles. The van der Waals surface area contributed by atoms with Crippen molar-refractivity contribution in [3.05, 3.63) is 101 Å². The molecule has 4 rings (SSSR count). The van der Waals surface area contributed by atoms with E-state index in [0.717, 1.165) is 22.7 Å². The van der Waals surface area contributed by atoms with Gasteiger partial charge in [0, 0.05) is 5.69 Å². The summed E-state index contributed by atoms with van der Waals surface area (Å²) in [7, 11) is 1.63. The number of aromatic nitrogens is 1. The molecule has 0 saturated heterocycles. The number of amides is 1. The molecule has 0 saturated carbocycles. The molecule has 4 aromatic rings. The third kappa shape index (κ3) is 4.75. The number of methoxy groups -OCH3 is 1. The molecule has 6 heteroatoms. The first kappa shape index (κ1) is 20.6. The van der Waals surface area contributed by atoms with E-state index in [1.807, 2.05) is 91.9 Å². The lowest BCUT2D eigenvalue weighted by Crippen LogP contribution is -2.30. The highest BCUT2D eigenvalue weighted by atomic mass is 32.1. The lowest BCUT2D eigenvalue weighted by molar-refractivity contribution is 0.0988. The van der Waals surface area contributed by atoms with Crippen LogP contribution in [0.2, 0.25) is 0 Å². The fourth-order valence-corrected chi connectivity index (χ4v) is 4.22. The standard InChI is InChI=1S/C25H23N3O2S/c1-18-23(31-25(26-18)27-21-15-9-10-16-22(21)30-2)24(29)28(20-13-7-4-8-14-20)17-19-11-5-3-6-12-19/h3-16H,17H2,1-2H3,(H,26,27). The van der Waals surface area contributed by atoms with Gasteiger partial charge in [-0.2, -0.15) is 0 Å². The van der Waals surface area contributed by atoms with E-state index in [1.54, 1.807) is 12.0 Å². The molecule has 0 spiro atoms. The van der Waals surface area contributed by atoms with Crippen LogP contribution in [0.4, 0.5) is 16.5 Å². The second-order valence-corrected chi connectivity index (χ2v) is 7.97. The number of hydrogen-bond acceptors (Lipinski definition) is 5. The molecular formula is C25H23N3O2S. The third-order valence-electron chi connectivity index (χ3n) is 4.84. The fraction of sp³-hybridized carbons (Fsp3) is 0.120. The number of aryl methyl sites for hydroxylation is 1. The third-order valence-corrected chi connectivity index (χ3v) is 5.90. The van der Waals surface area contributed by atoms with Gasteiger partial charge in [-0.05, 0) is 36.8 Å². The molecule has 0 aliphatic carbocycles. The largest absolute Gasteiger partial charge is 0.495 e. The minimum Gasteiger partial charge on any atom is -0.495 e. The lowest BCUT2D eigenvalue weighted by Gasteiger charge is -2.22. The number of rotatable bonds is 7. The molecule has 1 heterocycles. The van der Waals surface area contributed by atoms with Crippen LogP contribution in [0.1, 0.15) is 20.9 Å². The van der Waals surface area contributed by atoms with Gasteiger partial charge in [-0.3, -0.25) is 4.79 Å². The minimum absolute atomic E-state index is 0.0712. The normalized spacial score (nSPS) is 10.5. The molecular weight excluding hydrogens is 406 g/mol. The number of para-hydroxylation sites is 3. The molecule has 0 bridgehead atoms. The summed E-state index contributed by atoms with van der Waals surface area (Å²) in [4.78, 5) is 20.6. The summed E-state index contributed by atoms with van der Waals surface area (Å²) in [6.07, 6.45) is 0. The summed E-state index contributed by atoms with van der Waals surface area (Å²) < 4.78 is 5.40. The van der Waals surface area contributed by atoms with Gasteiger partial charge >= 0.3 is 0 Å². The average Bonchev–Trinajstić information content (AvgIpc) is 3.18. The van der Waals surface area contributed by atoms with Gasteiger partial charge in [0.25, 0.3) is 5.91 Å². The Kier molecular flexibility index (Phi) is 6.29. The van der Waals surface area contributed by atoms with Crippen LogP contribution < -0.4 is 15.0 Å². The number of anilines is 3. The van der Waals surface area contributed by atoms with Crippen molar-refractivity contribution in [3.63, 3.8) is 0 Å². The van der Waals surface area contributed by atoms with Crippen LogP contribution >= 0.6 is 11.3 Å². The van der Waals surface area contributed by atoms with Gasteiger partial charge in [0.1, 0.15) is 10.6 Å². The van der Waals surface area contributed by atoms with E-state index in [2.05, 4.69) is 10.3 Å². The predicted octanol–water partition coefficient (Wildman–Crippen LogP) is 6.05. The van der Waals surface area contributed by atoms with Crippen molar-refractivity contribution in [1.29, 1.82) is 0 Å². The zero-order valence-electron chi connectivity index (χ0n) is 17.4. The van der Waals surface area contributed by atoms with Crippen LogP contribution in [0.3, 0.4) is 0 Å². The maximum atomic E-state index is 13.6. The molecule has 31 heavy (non-hydrogen) atoms. The van der Waals surface area contributed by atoms with Crippen molar-refractivity contribution in [2.45, 2.75) is 13.5 Å². The van der Waals surface area contributed by atoms with E-state index in [9.17, 15) is 4.79 Å². The zero-order valence-corrected chi connectivity index (χ0v) is 18.2. The second-order valence-electron chi connectivity index (χ2n) is 6.97. The first-order chi connectivity index (χ1) is 15.2. The summed E-state index contributed by atoms with van der Waals surface area (Å²) in [6.45, 7) is 2.35. The van der Waals surface area contributed by atoms with E-state index in [-0.39, 0.29) is 5.91 Å². The van der Waals surface area contributed by atoms with Crippen LogP contribution in [-0.2, 0) is 6.54 Å².